The summed E-state index contributed by atoms with van der Waals surface area (Å²) >= 11 is 0. The summed E-state index contributed by atoms with van der Waals surface area (Å²) in [5.41, 5.74) is 0. The monoisotopic (exact) mass is 339 g/mol. The van der Waals surface area contributed by atoms with E-state index in [9.17, 15) is 13.2 Å². The Morgan fingerprint density at radius 2 is 1.74 bits per heavy atom. The van der Waals surface area contributed by atoms with Gasteiger partial charge in [0.25, 0.3) is 0 Å². The largest absolute Gasteiger partial charge is 0.356 e. The predicted molar refractivity (Wildman–Crippen MR) is 87.3 cm³/mol. The molecule has 23 heavy (non-hydrogen) atoms. The summed E-state index contributed by atoms with van der Waals surface area (Å²) in [5.74, 6) is 0.205. The molecule has 0 saturated carbocycles. The van der Waals surface area contributed by atoms with Crippen LogP contribution in [0.1, 0.15) is 32.1 Å². The Balaban J connectivity index is 1.60. The number of aromatic nitrogens is 1. The third-order valence-electron chi connectivity index (χ3n) is 4.91. The van der Waals surface area contributed by atoms with Crippen molar-refractivity contribution in [3.8, 4) is 0 Å². The maximum atomic E-state index is 12.6. The van der Waals surface area contributed by atoms with Gasteiger partial charge in [-0.3, -0.25) is 4.79 Å². The van der Waals surface area contributed by atoms with Gasteiger partial charge < -0.3 is 9.47 Å². The van der Waals surface area contributed by atoms with Gasteiger partial charge in [0, 0.05) is 51.5 Å². The number of hydrogen-bond acceptors (Lipinski definition) is 3. The van der Waals surface area contributed by atoms with Crippen molar-refractivity contribution in [1.82, 2.24) is 13.8 Å². The first-order valence-corrected chi connectivity index (χ1v) is 9.83. The zero-order valence-corrected chi connectivity index (χ0v) is 14.5. The summed E-state index contributed by atoms with van der Waals surface area (Å²) < 4.78 is 28.4. The van der Waals surface area contributed by atoms with E-state index < -0.39 is 10.0 Å². The highest BCUT2D eigenvalue weighted by atomic mass is 32.2. The second kappa shape index (κ2) is 6.65. The lowest BCUT2D eigenvalue weighted by molar-refractivity contribution is -0.137. The number of hydrogen-bond donors (Lipinski definition) is 0. The Morgan fingerprint density at radius 3 is 2.30 bits per heavy atom. The fourth-order valence-electron chi connectivity index (χ4n) is 3.50. The molecule has 3 heterocycles. The maximum absolute atomic E-state index is 12.6. The topological polar surface area (TPSA) is 62.6 Å². The Hall–Kier alpha value is -1.34. The zero-order valence-electron chi connectivity index (χ0n) is 13.6. The molecule has 2 aliphatic heterocycles. The number of carbonyl (C=O) groups excluding carboxylic acids is 1. The van der Waals surface area contributed by atoms with Crippen LogP contribution in [0.5, 0.6) is 0 Å². The van der Waals surface area contributed by atoms with Gasteiger partial charge in [-0.25, -0.2) is 8.42 Å². The fraction of sp³-hybridized carbons (Fsp3) is 0.688. The lowest BCUT2D eigenvalue weighted by Crippen LogP contribution is -2.45. The third kappa shape index (κ3) is 3.45. The first-order valence-electron chi connectivity index (χ1n) is 8.39. The van der Waals surface area contributed by atoms with Crippen molar-refractivity contribution in [2.24, 2.45) is 13.0 Å². The summed E-state index contributed by atoms with van der Waals surface area (Å²) in [5, 5.41) is 0. The van der Waals surface area contributed by atoms with Crippen molar-refractivity contribution in [3.05, 3.63) is 18.5 Å². The maximum Gasteiger partial charge on any atom is 0.244 e. The zero-order chi connectivity index (χ0) is 16.4. The highest BCUT2D eigenvalue weighted by Crippen LogP contribution is 2.26. The molecule has 0 aromatic carbocycles. The number of sulfonamides is 1. The van der Waals surface area contributed by atoms with Gasteiger partial charge in [-0.15, -0.1) is 0 Å². The minimum atomic E-state index is -3.43. The molecule has 128 valence electrons. The Labute approximate surface area is 138 Å². The van der Waals surface area contributed by atoms with Crippen LogP contribution in [-0.4, -0.2) is 54.3 Å². The van der Waals surface area contributed by atoms with E-state index in [1.54, 1.807) is 23.0 Å². The average molecular weight is 339 g/mol. The number of rotatable bonds is 3. The predicted octanol–water partition coefficient (Wildman–Crippen LogP) is 1.44. The molecule has 0 N–H and O–H groups in total. The summed E-state index contributed by atoms with van der Waals surface area (Å²) in [6.45, 7) is 2.59. The van der Waals surface area contributed by atoms with Gasteiger partial charge in [0.1, 0.15) is 0 Å². The Morgan fingerprint density at radius 1 is 1.09 bits per heavy atom. The molecule has 0 spiro atoms. The summed E-state index contributed by atoms with van der Waals surface area (Å²) in [7, 11) is -1.62. The molecule has 0 atom stereocenters. The van der Waals surface area contributed by atoms with E-state index in [1.807, 2.05) is 11.9 Å². The van der Waals surface area contributed by atoms with Crippen LogP contribution >= 0.6 is 0 Å². The van der Waals surface area contributed by atoms with E-state index in [2.05, 4.69) is 0 Å². The van der Waals surface area contributed by atoms with Crippen LogP contribution in [0, 0.1) is 5.92 Å². The van der Waals surface area contributed by atoms with Crippen LogP contribution in [0.4, 0.5) is 0 Å². The molecule has 1 aromatic rings. The van der Waals surface area contributed by atoms with Crippen LogP contribution in [0.2, 0.25) is 0 Å². The van der Waals surface area contributed by atoms with Crippen molar-refractivity contribution in [3.63, 3.8) is 0 Å². The minimum Gasteiger partial charge on any atom is -0.356 e. The standard InChI is InChI=1S/C16H25N3O3S/c1-17-10-7-15(13-17)23(21,22)19-11-5-14(6-12-19)16(20)18-8-3-2-4-9-18/h7,10,13-14H,2-6,8-9,11-12H2,1H3. The molecule has 3 rings (SSSR count). The molecule has 7 heteroatoms. The number of likely N-dealkylation sites (tertiary alicyclic amines) is 1. The average Bonchev–Trinajstić information content (AvgIpc) is 3.02. The first-order chi connectivity index (χ1) is 11.0. The van der Waals surface area contributed by atoms with Gasteiger partial charge in [-0.1, -0.05) is 0 Å². The minimum absolute atomic E-state index is 0.0182. The van der Waals surface area contributed by atoms with E-state index in [-0.39, 0.29) is 11.8 Å². The van der Waals surface area contributed by atoms with E-state index in [0.717, 1.165) is 25.9 Å². The Bertz CT molecular complexity index is 654. The fourth-order valence-corrected chi connectivity index (χ4v) is 5.02. The van der Waals surface area contributed by atoms with Crippen molar-refractivity contribution in [2.75, 3.05) is 26.2 Å². The highest BCUT2D eigenvalue weighted by Gasteiger charge is 2.34. The number of carbonyl (C=O) groups is 1. The molecule has 1 aromatic heterocycles. The van der Waals surface area contributed by atoms with Gasteiger partial charge >= 0.3 is 0 Å². The van der Waals surface area contributed by atoms with Crippen molar-refractivity contribution in [1.29, 1.82) is 0 Å². The summed E-state index contributed by atoms with van der Waals surface area (Å²) in [6.07, 6.45) is 8.00. The van der Waals surface area contributed by atoms with E-state index >= 15 is 0 Å². The van der Waals surface area contributed by atoms with Crippen LogP contribution in [0.25, 0.3) is 0 Å². The molecular formula is C16H25N3O3S. The molecular weight excluding hydrogens is 314 g/mol. The molecule has 1 amide bonds. The smallest absolute Gasteiger partial charge is 0.244 e. The molecule has 2 saturated heterocycles. The summed E-state index contributed by atoms with van der Waals surface area (Å²) in [6, 6.07) is 1.63. The van der Waals surface area contributed by atoms with Gasteiger partial charge in [-0.05, 0) is 38.2 Å². The number of aryl methyl sites for hydroxylation is 1. The van der Waals surface area contributed by atoms with Crippen LogP contribution in [0.15, 0.2) is 23.4 Å². The van der Waals surface area contributed by atoms with Gasteiger partial charge in [0.05, 0.1) is 4.90 Å². The normalized spacial score (nSPS) is 21.5. The first kappa shape index (κ1) is 16.5. The number of nitrogens with zero attached hydrogens (tertiary/aromatic N) is 3. The molecule has 0 bridgehead atoms. The van der Waals surface area contributed by atoms with Gasteiger partial charge in [0.2, 0.25) is 15.9 Å². The molecule has 6 nitrogen and oxygen atoms in total. The second-order valence-electron chi connectivity index (χ2n) is 6.58. The van der Waals surface area contributed by atoms with Crippen molar-refractivity contribution < 1.29 is 13.2 Å². The Kier molecular flexibility index (Phi) is 4.77. The lowest BCUT2D eigenvalue weighted by Gasteiger charge is -2.35. The molecule has 2 fully saturated rings. The molecule has 2 aliphatic rings. The quantitative estimate of drug-likeness (QED) is 0.837. The van der Waals surface area contributed by atoms with Crippen molar-refractivity contribution in [2.45, 2.75) is 37.0 Å². The molecule has 0 aliphatic carbocycles. The lowest BCUT2D eigenvalue weighted by atomic mass is 9.95. The van der Waals surface area contributed by atoms with E-state index in [0.29, 0.717) is 30.8 Å². The number of piperidine rings is 2. The molecule has 0 radical (unpaired) electrons. The second-order valence-corrected chi connectivity index (χ2v) is 8.51. The summed E-state index contributed by atoms with van der Waals surface area (Å²) in [4.78, 5) is 14.8. The van der Waals surface area contributed by atoms with Crippen molar-refractivity contribution >= 4 is 15.9 Å². The molecule has 0 unspecified atom stereocenters. The van der Waals surface area contributed by atoms with Gasteiger partial charge in [0.15, 0.2) is 0 Å². The highest BCUT2D eigenvalue weighted by molar-refractivity contribution is 7.89. The van der Waals surface area contributed by atoms with E-state index in [1.165, 1.54) is 10.7 Å². The van der Waals surface area contributed by atoms with Crippen LogP contribution < -0.4 is 0 Å². The van der Waals surface area contributed by atoms with Gasteiger partial charge in [-0.2, -0.15) is 4.31 Å². The van der Waals surface area contributed by atoms with E-state index in [4.69, 9.17) is 0 Å². The van der Waals surface area contributed by atoms with Crippen LogP contribution in [0.3, 0.4) is 0 Å². The third-order valence-corrected chi connectivity index (χ3v) is 6.80. The SMILES string of the molecule is Cn1ccc(S(=O)(=O)N2CCC(C(=O)N3CCCCC3)CC2)c1. The number of amides is 1. The van der Waals surface area contributed by atoms with Crippen LogP contribution in [-0.2, 0) is 21.9 Å².